The Morgan fingerprint density at radius 1 is 1.36 bits per heavy atom. The van der Waals surface area contributed by atoms with Gasteiger partial charge in [-0.05, 0) is 34.1 Å². The summed E-state index contributed by atoms with van der Waals surface area (Å²) in [6.45, 7) is 0. The van der Waals surface area contributed by atoms with Crippen molar-refractivity contribution in [2.24, 2.45) is 0 Å². The van der Waals surface area contributed by atoms with E-state index in [1.807, 2.05) is 6.07 Å². The molecule has 0 unspecified atom stereocenters. The van der Waals surface area contributed by atoms with Crippen LogP contribution in [-0.4, -0.2) is 12.1 Å². The quantitative estimate of drug-likeness (QED) is 0.848. The average Bonchev–Trinajstić information content (AvgIpc) is 2.23. The SMILES string of the molecule is COc1ccc2c(=O)[nH]cc(Br)c2c1. The van der Waals surface area contributed by atoms with E-state index >= 15 is 0 Å². The first kappa shape index (κ1) is 9.27. The fraction of sp³-hybridized carbons (Fsp3) is 0.100. The normalized spacial score (nSPS) is 10.4. The Hall–Kier alpha value is -1.29. The molecule has 14 heavy (non-hydrogen) atoms. The number of H-pyrrole nitrogens is 1. The highest BCUT2D eigenvalue weighted by molar-refractivity contribution is 9.10. The molecule has 0 aliphatic heterocycles. The Balaban J connectivity index is 2.87. The van der Waals surface area contributed by atoms with E-state index in [0.717, 1.165) is 15.6 Å². The van der Waals surface area contributed by atoms with Crippen molar-refractivity contribution >= 4 is 26.7 Å². The molecular formula is C10H8BrNO2. The highest BCUT2D eigenvalue weighted by Crippen LogP contribution is 2.24. The predicted molar refractivity (Wildman–Crippen MR) is 58.8 cm³/mol. The molecule has 0 aliphatic carbocycles. The van der Waals surface area contributed by atoms with Gasteiger partial charge in [0, 0.05) is 21.4 Å². The molecule has 0 bridgehead atoms. The van der Waals surface area contributed by atoms with Crippen LogP contribution in [0.25, 0.3) is 10.8 Å². The molecule has 0 saturated heterocycles. The van der Waals surface area contributed by atoms with Crippen molar-refractivity contribution in [3.05, 3.63) is 39.2 Å². The number of fused-ring (bicyclic) bond motifs is 1. The molecule has 0 radical (unpaired) electrons. The first-order valence-corrected chi connectivity index (χ1v) is 4.86. The van der Waals surface area contributed by atoms with Gasteiger partial charge >= 0.3 is 0 Å². The number of rotatable bonds is 1. The highest BCUT2D eigenvalue weighted by atomic mass is 79.9. The summed E-state index contributed by atoms with van der Waals surface area (Å²) >= 11 is 3.37. The second-order valence-corrected chi connectivity index (χ2v) is 3.73. The number of aromatic amines is 1. The van der Waals surface area contributed by atoms with E-state index in [2.05, 4.69) is 20.9 Å². The summed E-state index contributed by atoms with van der Waals surface area (Å²) < 4.78 is 5.94. The monoisotopic (exact) mass is 253 g/mol. The number of pyridine rings is 1. The maximum atomic E-state index is 11.4. The largest absolute Gasteiger partial charge is 0.497 e. The number of hydrogen-bond donors (Lipinski definition) is 1. The fourth-order valence-electron chi connectivity index (χ4n) is 1.33. The minimum atomic E-state index is -0.0918. The smallest absolute Gasteiger partial charge is 0.255 e. The molecule has 0 atom stereocenters. The van der Waals surface area contributed by atoms with Crippen molar-refractivity contribution in [3.8, 4) is 5.75 Å². The van der Waals surface area contributed by atoms with Crippen LogP contribution in [-0.2, 0) is 0 Å². The summed E-state index contributed by atoms with van der Waals surface area (Å²) in [5.41, 5.74) is -0.0918. The van der Waals surface area contributed by atoms with E-state index in [1.165, 1.54) is 0 Å². The van der Waals surface area contributed by atoms with Crippen molar-refractivity contribution < 1.29 is 4.74 Å². The maximum Gasteiger partial charge on any atom is 0.255 e. The molecule has 2 rings (SSSR count). The average molecular weight is 254 g/mol. The van der Waals surface area contributed by atoms with Gasteiger partial charge in [0.25, 0.3) is 5.56 Å². The Bertz CT molecular complexity index is 533. The third-order valence-electron chi connectivity index (χ3n) is 2.06. The van der Waals surface area contributed by atoms with Gasteiger partial charge in [-0.2, -0.15) is 0 Å². The molecule has 1 aromatic heterocycles. The third-order valence-corrected chi connectivity index (χ3v) is 2.71. The molecule has 1 aromatic carbocycles. The Kier molecular flexibility index (Phi) is 2.29. The number of benzene rings is 1. The van der Waals surface area contributed by atoms with Crippen molar-refractivity contribution in [2.75, 3.05) is 7.11 Å². The zero-order valence-corrected chi connectivity index (χ0v) is 9.09. The number of nitrogens with one attached hydrogen (secondary N) is 1. The van der Waals surface area contributed by atoms with Crippen molar-refractivity contribution in [3.63, 3.8) is 0 Å². The van der Waals surface area contributed by atoms with E-state index in [0.29, 0.717) is 5.39 Å². The summed E-state index contributed by atoms with van der Waals surface area (Å²) in [5, 5.41) is 1.51. The van der Waals surface area contributed by atoms with Gasteiger partial charge in [-0.25, -0.2) is 0 Å². The van der Waals surface area contributed by atoms with Crippen LogP contribution in [0.5, 0.6) is 5.75 Å². The molecule has 1 N–H and O–H groups in total. The molecule has 3 nitrogen and oxygen atoms in total. The number of hydrogen-bond acceptors (Lipinski definition) is 2. The van der Waals surface area contributed by atoms with E-state index in [-0.39, 0.29) is 5.56 Å². The lowest BCUT2D eigenvalue weighted by molar-refractivity contribution is 0.415. The number of methoxy groups -OCH3 is 1. The van der Waals surface area contributed by atoms with Crippen molar-refractivity contribution in [1.29, 1.82) is 0 Å². The van der Waals surface area contributed by atoms with E-state index < -0.39 is 0 Å². The molecule has 0 fully saturated rings. The van der Waals surface area contributed by atoms with E-state index in [4.69, 9.17) is 4.74 Å². The topological polar surface area (TPSA) is 42.1 Å². The highest BCUT2D eigenvalue weighted by Gasteiger charge is 2.03. The van der Waals surface area contributed by atoms with Gasteiger partial charge in [-0.15, -0.1) is 0 Å². The van der Waals surface area contributed by atoms with Crippen LogP contribution < -0.4 is 10.3 Å². The first-order chi connectivity index (χ1) is 6.72. The molecule has 72 valence electrons. The van der Waals surface area contributed by atoms with Crippen LogP contribution >= 0.6 is 15.9 Å². The molecule has 4 heteroatoms. The van der Waals surface area contributed by atoms with Crippen LogP contribution in [0.2, 0.25) is 0 Å². The van der Waals surface area contributed by atoms with Crippen LogP contribution in [0.3, 0.4) is 0 Å². The Morgan fingerprint density at radius 3 is 2.86 bits per heavy atom. The van der Waals surface area contributed by atoms with Crippen LogP contribution in [0.15, 0.2) is 33.7 Å². The minimum absolute atomic E-state index is 0.0918. The molecule has 1 heterocycles. The standard InChI is InChI=1S/C10H8BrNO2/c1-14-6-2-3-7-8(4-6)9(11)5-12-10(7)13/h2-5H,1H3,(H,12,13). The van der Waals surface area contributed by atoms with E-state index in [1.54, 1.807) is 25.4 Å². The van der Waals surface area contributed by atoms with Gasteiger partial charge < -0.3 is 9.72 Å². The van der Waals surface area contributed by atoms with Gasteiger partial charge in [0.05, 0.1) is 7.11 Å². The number of halogens is 1. The molecule has 0 amide bonds. The fourth-order valence-corrected chi connectivity index (χ4v) is 1.77. The lowest BCUT2D eigenvalue weighted by Gasteiger charge is -2.02. The molecule has 2 aromatic rings. The van der Waals surface area contributed by atoms with Gasteiger partial charge in [-0.3, -0.25) is 4.79 Å². The van der Waals surface area contributed by atoms with Crippen LogP contribution in [0.1, 0.15) is 0 Å². The van der Waals surface area contributed by atoms with Crippen LogP contribution in [0, 0.1) is 0 Å². The summed E-state index contributed by atoms with van der Waals surface area (Å²) in [7, 11) is 1.60. The molecule has 0 aliphatic rings. The Morgan fingerprint density at radius 2 is 2.14 bits per heavy atom. The number of aromatic nitrogens is 1. The summed E-state index contributed by atoms with van der Waals surface area (Å²) in [6.07, 6.45) is 1.63. The zero-order valence-electron chi connectivity index (χ0n) is 7.50. The summed E-state index contributed by atoms with van der Waals surface area (Å²) in [6, 6.07) is 5.34. The maximum absolute atomic E-state index is 11.4. The summed E-state index contributed by atoms with van der Waals surface area (Å²) in [4.78, 5) is 14.1. The molecular weight excluding hydrogens is 246 g/mol. The number of ether oxygens (including phenoxy) is 1. The van der Waals surface area contributed by atoms with Gasteiger partial charge in [-0.1, -0.05) is 0 Å². The zero-order chi connectivity index (χ0) is 10.1. The summed E-state index contributed by atoms with van der Waals surface area (Å²) in [5.74, 6) is 0.740. The molecule has 0 saturated carbocycles. The second-order valence-electron chi connectivity index (χ2n) is 2.88. The molecule has 0 spiro atoms. The first-order valence-electron chi connectivity index (χ1n) is 4.07. The lowest BCUT2D eigenvalue weighted by Crippen LogP contribution is -2.04. The van der Waals surface area contributed by atoms with Gasteiger partial charge in [0.15, 0.2) is 0 Å². The van der Waals surface area contributed by atoms with Gasteiger partial charge in [0.2, 0.25) is 0 Å². The van der Waals surface area contributed by atoms with Crippen molar-refractivity contribution in [2.45, 2.75) is 0 Å². The van der Waals surface area contributed by atoms with E-state index in [9.17, 15) is 4.79 Å². The van der Waals surface area contributed by atoms with Crippen LogP contribution in [0.4, 0.5) is 0 Å². The third kappa shape index (κ3) is 1.42. The van der Waals surface area contributed by atoms with Crippen molar-refractivity contribution in [1.82, 2.24) is 4.98 Å². The lowest BCUT2D eigenvalue weighted by atomic mass is 10.2. The Labute approximate surface area is 88.8 Å². The second kappa shape index (κ2) is 3.46. The van der Waals surface area contributed by atoms with Gasteiger partial charge in [0.1, 0.15) is 5.75 Å². The minimum Gasteiger partial charge on any atom is -0.497 e. The predicted octanol–water partition coefficient (Wildman–Crippen LogP) is 2.30.